The van der Waals surface area contributed by atoms with Gasteiger partial charge in [0.15, 0.2) is 0 Å². The maximum Gasteiger partial charge on any atom is 0.149 e. The number of hydrogen-bond donors (Lipinski definition) is 1. The van der Waals surface area contributed by atoms with Crippen LogP contribution in [0.25, 0.3) is 0 Å². The highest BCUT2D eigenvalue weighted by molar-refractivity contribution is 6.30. The SMILES string of the molecule is N#CCN(N)c1ccc(Cl)cc1F. The predicted molar refractivity (Wildman–Crippen MR) is 48.6 cm³/mol. The van der Waals surface area contributed by atoms with E-state index < -0.39 is 5.82 Å². The van der Waals surface area contributed by atoms with Crippen molar-refractivity contribution in [3.05, 3.63) is 29.0 Å². The molecule has 0 aliphatic rings. The van der Waals surface area contributed by atoms with Gasteiger partial charge in [-0.2, -0.15) is 5.26 Å². The summed E-state index contributed by atoms with van der Waals surface area (Å²) in [5.41, 5.74) is 0.158. The second-order valence-electron chi connectivity index (χ2n) is 2.38. The predicted octanol–water partition coefficient (Wildman–Crippen LogP) is 1.68. The number of hydrazine groups is 1. The van der Waals surface area contributed by atoms with E-state index in [0.717, 1.165) is 11.1 Å². The molecular formula is C8H7ClFN3. The Bertz CT molecular complexity index is 348. The molecule has 0 atom stereocenters. The molecule has 0 saturated carbocycles. The molecule has 0 unspecified atom stereocenters. The Labute approximate surface area is 80.1 Å². The minimum Gasteiger partial charge on any atom is -0.294 e. The van der Waals surface area contributed by atoms with E-state index in [0.29, 0.717) is 5.02 Å². The number of nitriles is 1. The summed E-state index contributed by atoms with van der Waals surface area (Å²) in [4.78, 5) is 0. The molecule has 13 heavy (non-hydrogen) atoms. The topological polar surface area (TPSA) is 53.0 Å². The van der Waals surface area contributed by atoms with Crippen LogP contribution in [0.2, 0.25) is 5.02 Å². The second-order valence-corrected chi connectivity index (χ2v) is 2.82. The van der Waals surface area contributed by atoms with Crippen LogP contribution in [0.15, 0.2) is 18.2 Å². The lowest BCUT2D eigenvalue weighted by Gasteiger charge is -2.15. The molecule has 5 heteroatoms. The summed E-state index contributed by atoms with van der Waals surface area (Å²) < 4.78 is 13.1. The van der Waals surface area contributed by atoms with Crippen molar-refractivity contribution in [1.82, 2.24) is 0 Å². The lowest BCUT2D eigenvalue weighted by molar-refractivity contribution is 0.622. The monoisotopic (exact) mass is 199 g/mol. The van der Waals surface area contributed by atoms with E-state index in [9.17, 15) is 4.39 Å². The van der Waals surface area contributed by atoms with Gasteiger partial charge in [0.1, 0.15) is 12.4 Å². The third-order valence-electron chi connectivity index (χ3n) is 1.46. The van der Waals surface area contributed by atoms with Crippen LogP contribution < -0.4 is 10.9 Å². The molecule has 0 heterocycles. The Balaban J connectivity index is 2.96. The summed E-state index contributed by atoms with van der Waals surface area (Å²) in [6.45, 7) is -0.0709. The number of anilines is 1. The van der Waals surface area contributed by atoms with Crippen LogP contribution in [-0.4, -0.2) is 6.54 Å². The Kier molecular flexibility index (Phi) is 3.07. The molecule has 0 spiro atoms. The summed E-state index contributed by atoms with van der Waals surface area (Å²) in [5.74, 6) is 4.85. The molecule has 1 aromatic rings. The highest BCUT2D eigenvalue weighted by atomic mass is 35.5. The fourth-order valence-corrected chi connectivity index (χ4v) is 1.03. The number of nitrogens with two attached hydrogens (primary N) is 1. The first-order valence-corrected chi connectivity index (χ1v) is 3.87. The van der Waals surface area contributed by atoms with E-state index in [-0.39, 0.29) is 12.2 Å². The lowest BCUT2D eigenvalue weighted by Crippen LogP contribution is -2.31. The van der Waals surface area contributed by atoms with Crippen LogP contribution in [-0.2, 0) is 0 Å². The third-order valence-corrected chi connectivity index (χ3v) is 1.70. The molecule has 1 aromatic carbocycles. The highest BCUT2D eigenvalue weighted by Gasteiger charge is 2.07. The molecular weight excluding hydrogens is 193 g/mol. The fourth-order valence-electron chi connectivity index (χ4n) is 0.876. The minimum absolute atomic E-state index is 0.0709. The van der Waals surface area contributed by atoms with Crippen molar-refractivity contribution in [3.8, 4) is 6.07 Å². The number of hydrogen-bond acceptors (Lipinski definition) is 3. The van der Waals surface area contributed by atoms with Crippen LogP contribution >= 0.6 is 11.6 Å². The van der Waals surface area contributed by atoms with Crippen molar-refractivity contribution in [2.24, 2.45) is 5.84 Å². The molecule has 0 aliphatic heterocycles. The fraction of sp³-hybridized carbons (Fsp3) is 0.125. The van der Waals surface area contributed by atoms with Gasteiger partial charge in [-0.3, -0.25) is 5.01 Å². The van der Waals surface area contributed by atoms with Gasteiger partial charge in [0.2, 0.25) is 0 Å². The van der Waals surface area contributed by atoms with E-state index >= 15 is 0 Å². The van der Waals surface area contributed by atoms with E-state index in [2.05, 4.69) is 0 Å². The Morgan fingerprint density at radius 2 is 2.31 bits per heavy atom. The van der Waals surface area contributed by atoms with E-state index in [4.69, 9.17) is 22.7 Å². The molecule has 68 valence electrons. The number of nitrogens with zero attached hydrogens (tertiary/aromatic N) is 2. The van der Waals surface area contributed by atoms with Crippen LogP contribution in [0, 0.1) is 17.1 Å². The van der Waals surface area contributed by atoms with Crippen molar-refractivity contribution in [3.63, 3.8) is 0 Å². The van der Waals surface area contributed by atoms with Crippen molar-refractivity contribution in [1.29, 1.82) is 5.26 Å². The maximum atomic E-state index is 13.1. The number of benzene rings is 1. The van der Waals surface area contributed by atoms with Gasteiger partial charge >= 0.3 is 0 Å². The Morgan fingerprint density at radius 3 is 2.85 bits per heavy atom. The van der Waals surface area contributed by atoms with Gasteiger partial charge in [-0.15, -0.1) is 0 Å². The molecule has 0 radical (unpaired) electrons. The van der Waals surface area contributed by atoms with Gasteiger partial charge in [-0.1, -0.05) is 11.6 Å². The zero-order valence-corrected chi connectivity index (χ0v) is 7.42. The second kappa shape index (κ2) is 4.08. The van der Waals surface area contributed by atoms with Gasteiger partial charge in [-0.25, -0.2) is 10.2 Å². The Hall–Kier alpha value is -1.31. The lowest BCUT2D eigenvalue weighted by atomic mass is 10.3. The van der Waals surface area contributed by atoms with E-state index in [1.54, 1.807) is 0 Å². The van der Waals surface area contributed by atoms with Crippen molar-refractivity contribution >= 4 is 17.3 Å². The number of rotatable bonds is 2. The van der Waals surface area contributed by atoms with Crippen molar-refractivity contribution < 1.29 is 4.39 Å². The summed E-state index contributed by atoms with van der Waals surface area (Å²) in [6, 6.07) is 5.89. The molecule has 2 N–H and O–H groups in total. The van der Waals surface area contributed by atoms with Crippen LogP contribution in [0.4, 0.5) is 10.1 Å². The molecule has 0 aliphatic carbocycles. The zero-order chi connectivity index (χ0) is 9.84. The van der Waals surface area contributed by atoms with Gasteiger partial charge in [0.05, 0.1) is 11.8 Å². The van der Waals surface area contributed by atoms with E-state index in [1.807, 2.05) is 6.07 Å². The molecule has 0 saturated heterocycles. The molecule has 1 rings (SSSR count). The smallest absolute Gasteiger partial charge is 0.149 e. The normalized spacial score (nSPS) is 9.38. The molecule has 0 fully saturated rings. The van der Waals surface area contributed by atoms with Crippen LogP contribution in [0.1, 0.15) is 0 Å². The summed E-state index contributed by atoms with van der Waals surface area (Å²) >= 11 is 5.53. The standard InChI is InChI=1S/C8H7ClFN3/c9-6-1-2-8(7(10)5-6)13(12)4-3-11/h1-2,5H,4,12H2. The van der Waals surface area contributed by atoms with Gasteiger partial charge in [-0.05, 0) is 18.2 Å². The van der Waals surface area contributed by atoms with Gasteiger partial charge < -0.3 is 0 Å². The molecule has 3 nitrogen and oxygen atoms in total. The van der Waals surface area contributed by atoms with Crippen molar-refractivity contribution in [2.75, 3.05) is 11.6 Å². The summed E-state index contributed by atoms with van der Waals surface area (Å²) in [6.07, 6.45) is 0. The molecule has 0 aromatic heterocycles. The zero-order valence-electron chi connectivity index (χ0n) is 6.67. The quantitative estimate of drug-likeness (QED) is 0.448. The van der Waals surface area contributed by atoms with Crippen LogP contribution in [0.5, 0.6) is 0 Å². The van der Waals surface area contributed by atoms with Gasteiger partial charge in [0.25, 0.3) is 0 Å². The van der Waals surface area contributed by atoms with Crippen molar-refractivity contribution in [2.45, 2.75) is 0 Å². The average Bonchev–Trinajstić information content (AvgIpc) is 2.04. The highest BCUT2D eigenvalue weighted by Crippen LogP contribution is 2.20. The maximum absolute atomic E-state index is 13.1. The van der Waals surface area contributed by atoms with E-state index in [1.165, 1.54) is 12.1 Å². The van der Waals surface area contributed by atoms with Crippen LogP contribution in [0.3, 0.4) is 0 Å². The first-order valence-electron chi connectivity index (χ1n) is 3.49. The first kappa shape index (κ1) is 9.78. The Morgan fingerprint density at radius 1 is 1.62 bits per heavy atom. The van der Waals surface area contributed by atoms with Gasteiger partial charge in [0, 0.05) is 5.02 Å². The average molecular weight is 200 g/mol. The molecule has 0 bridgehead atoms. The molecule has 0 amide bonds. The number of halogens is 2. The summed E-state index contributed by atoms with van der Waals surface area (Å²) in [5, 5.41) is 9.64. The third kappa shape index (κ3) is 2.31. The largest absolute Gasteiger partial charge is 0.294 e. The first-order chi connectivity index (χ1) is 6.15. The minimum atomic E-state index is -0.537. The summed E-state index contributed by atoms with van der Waals surface area (Å²) in [7, 11) is 0.